The first kappa shape index (κ1) is 18.9. The van der Waals surface area contributed by atoms with Crippen LogP contribution in [0.25, 0.3) is 11.1 Å². The Kier molecular flexibility index (Phi) is 5.45. The van der Waals surface area contributed by atoms with E-state index in [-0.39, 0.29) is 11.7 Å². The second-order valence-electron chi connectivity index (χ2n) is 7.19. The summed E-state index contributed by atoms with van der Waals surface area (Å²) in [7, 11) is 0. The van der Waals surface area contributed by atoms with Crippen LogP contribution in [-0.2, 0) is 0 Å². The van der Waals surface area contributed by atoms with Crippen LogP contribution in [0.5, 0.6) is 0 Å². The third-order valence-corrected chi connectivity index (χ3v) is 5.04. The molecule has 0 radical (unpaired) electrons. The standard InChI is InChI=1S/C23H26N2O2/c1-5-6-20(25-14-24-13-21(25)23(26)27)18-7-9-19(10-8-18)22-16(3)11-15(2)12-17(22)4/h7-14,20H,5-6H2,1-4H3,(H,26,27). The van der Waals surface area contributed by atoms with Crippen molar-refractivity contribution in [3.8, 4) is 11.1 Å². The lowest BCUT2D eigenvalue weighted by Gasteiger charge is -2.21. The van der Waals surface area contributed by atoms with Gasteiger partial charge in [0, 0.05) is 0 Å². The molecule has 2 aromatic carbocycles. The maximum Gasteiger partial charge on any atom is 0.354 e. The molecule has 0 saturated heterocycles. The number of hydrogen-bond donors (Lipinski definition) is 1. The molecule has 0 bridgehead atoms. The molecule has 0 amide bonds. The summed E-state index contributed by atoms with van der Waals surface area (Å²) in [6, 6.07) is 12.9. The molecule has 0 aliphatic heterocycles. The van der Waals surface area contributed by atoms with Crippen LogP contribution >= 0.6 is 0 Å². The van der Waals surface area contributed by atoms with Crippen LogP contribution in [-0.4, -0.2) is 20.6 Å². The number of aryl methyl sites for hydroxylation is 3. The molecule has 1 aromatic heterocycles. The van der Waals surface area contributed by atoms with Gasteiger partial charge in [-0.3, -0.25) is 0 Å². The van der Waals surface area contributed by atoms with E-state index in [1.165, 1.54) is 34.0 Å². The van der Waals surface area contributed by atoms with Crippen molar-refractivity contribution in [3.63, 3.8) is 0 Å². The van der Waals surface area contributed by atoms with Crippen LogP contribution in [0.2, 0.25) is 0 Å². The van der Waals surface area contributed by atoms with E-state index in [0.717, 1.165) is 18.4 Å². The second kappa shape index (κ2) is 7.78. The van der Waals surface area contributed by atoms with Gasteiger partial charge in [-0.1, -0.05) is 55.3 Å². The van der Waals surface area contributed by atoms with E-state index in [0.29, 0.717) is 0 Å². The van der Waals surface area contributed by atoms with E-state index in [1.807, 2.05) is 0 Å². The number of hydrogen-bond acceptors (Lipinski definition) is 2. The zero-order chi connectivity index (χ0) is 19.6. The fourth-order valence-electron chi connectivity index (χ4n) is 3.97. The lowest BCUT2D eigenvalue weighted by molar-refractivity contribution is 0.0683. The maximum atomic E-state index is 11.5. The Hall–Kier alpha value is -2.88. The summed E-state index contributed by atoms with van der Waals surface area (Å²) < 4.78 is 1.77. The van der Waals surface area contributed by atoms with Crippen molar-refractivity contribution in [3.05, 3.63) is 76.9 Å². The first-order valence-corrected chi connectivity index (χ1v) is 9.35. The van der Waals surface area contributed by atoms with Gasteiger partial charge in [-0.15, -0.1) is 0 Å². The molecule has 140 valence electrons. The van der Waals surface area contributed by atoms with Crippen molar-refractivity contribution in [2.75, 3.05) is 0 Å². The van der Waals surface area contributed by atoms with Crippen LogP contribution in [0.1, 0.15) is 58.5 Å². The molecule has 0 aliphatic carbocycles. The molecule has 1 unspecified atom stereocenters. The lowest BCUT2D eigenvalue weighted by Crippen LogP contribution is -2.15. The van der Waals surface area contributed by atoms with Crippen LogP contribution < -0.4 is 0 Å². The average molecular weight is 362 g/mol. The lowest BCUT2D eigenvalue weighted by atomic mass is 9.92. The van der Waals surface area contributed by atoms with E-state index in [9.17, 15) is 9.90 Å². The summed E-state index contributed by atoms with van der Waals surface area (Å²) in [5.74, 6) is -0.948. The molecule has 0 aliphatic rings. The van der Waals surface area contributed by atoms with Crippen molar-refractivity contribution in [1.29, 1.82) is 0 Å². The highest BCUT2D eigenvalue weighted by atomic mass is 16.4. The fraction of sp³-hybridized carbons (Fsp3) is 0.304. The highest BCUT2D eigenvalue weighted by Gasteiger charge is 2.19. The molecule has 27 heavy (non-hydrogen) atoms. The highest BCUT2D eigenvalue weighted by Crippen LogP contribution is 2.31. The summed E-state index contributed by atoms with van der Waals surface area (Å²) in [4.78, 5) is 15.6. The van der Waals surface area contributed by atoms with Gasteiger partial charge in [-0.05, 0) is 55.0 Å². The first-order chi connectivity index (χ1) is 12.9. The van der Waals surface area contributed by atoms with Gasteiger partial charge in [0.2, 0.25) is 0 Å². The SMILES string of the molecule is CCCC(c1ccc(-c2c(C)cc(C)cc2C)cc1)n1cncc1C(=O)O. The predicted molar refractivity (Wildman–Crippen MR) is 108 cm³/mol. The van der Waals surface area contributed by atoms with Crippen LogP contribution in [0.4, 0.5) is 0 Å². The van der Waals surface area contributed by atoms with Crippen LogP contribution in [0.15, 0.2) is 48.9 Å². The predicted octanol–water partition coefficient (Wildman–Crippen LogP) is 5.56. The number of nitrogens with zero attached hydrogens (tertiary/aromatic N) is 2. The summed E-state index contributed by atoms with van der Waals surface area (Å²) >= 11 is 0. The number of imidazole rings is 1. The molecular weight excluding hydrogens is 336 g/mol. The van der Waals surface area contributed by atoms with Crippen molar-refractivity contribution in [2.45, 2.75) is 46.6 Å². The van der Waals surface area contributed by atoms with Crippen molar-refractivity contribution in [1.82, 2.24) is 9.55 Å². The molecule has 3 aromatic rings. The molecule has 4 nitrogen and oxygen atoms in total. The smallest absolute Gasteiger partial charge is 0.354 e. The van der Waals surface area contributed by atoms with Gasteiger partial charge in [0.1, 0.15) is 5.69 Å². The summed E-state index contributed by atoms with van der Waals surface area (Å²) in [5, 5.41) is 9.43. The van der Waals surface area contributed by atoms with Gasteiger partial charge < -0.3 is 9.67 Å². The number of carboxylic acid groups (broad SMARTS) is 1. The summed E-state index contributed by atoms with van der Waals surface area (Å²) in [6.45, 7) is 8.52. The fourth-order valence-corrected chi connectivity index (χ4v) is 3.97. The van der Waals surface area contributed by atoms with Crippen LogP contribution in [0.3, 0.4) is 0 Å². The van der Waals surface area contributed by atoms with Gasteiger partial charge in [0.25, 0.3) is 0 Å². The van der Waals surface area contributed by atoms with Gasteiger partial charge >= 0.3 is 5.97 Å². The minimum atomic E-state index is -0.948. The Labute approximate surface area is 160 Å². The minimum Gasteiger partial charge on any atom is -0.477 e. The third-order valence-electron chi connectivity index (χ3n) is 5.04. The molecule has 0 spiro atoms. The maximum absolute atomic E-state index is 11.5. The van der Waals surface area contributed by atoms with Gasteiger partial charge in [0.15, 0.2) is 0 Å². The Morgan fingerprint density at radius 1 is 1.11 bits per heavy atom. The Bertz CT molecular complexity index is 932. The van der Waals surface area contributed by atoms with E-state index >= 15 is 0 Å². The normalized spacial score (nSPS) is 12.1. The molecule has 0 fully saturated rings. The quantitative estimate of drug-likeness (QED) is 0.624. The molecule has 1 heterocycles. The zero-order valence-electron chi connectivity index (χ0n) is 16.4. The summed E-state index contributed by atoms with van der Waals surface area (Å²) in [6.07, 6.45) is 4.85. The largest absolute Gasteiger partial charge is 0.477 e. The van der Waals surface area contributed by atoms with E-state index in [1.54, 1.807) is 10.9 Å². The Morgan fingerprint density at radius 3 is 2.30 bits per heavy atom. The molecule has 1 N–H and O–H groups in total. The van der Waals surface area contributed by atoms with Gasteiger partial charge in [-0.25, -0.2) is 9.78 Å². The van der Waals surface area contributed by atoms with Crippen molar-refractivity contribution < 1.29 is 9.90 Å². The minimum absolute atomic E-state index is 0.0298. The monoisotopic (exact) mass is 362 g/mol. The van der Waals surface area contributed by atoms with E-state index in [4.69, 9.17) is 0 Å². The average Bonchev–Trinajstić information content (AvgIpc) is 3.09. The zero-order valence-corrected chi connectivity index (χ0v) is 16.4. The number of carboxylic acids is 1. The molecular formula is C23H26N2O2. The van der Waals surface area contributed by atoms with Crippen molar-refractivity contribution >= 4 is 5.97 Å². The third kappa shape index (κ3) is 3.80. The van der Waals surface area contributed by atoms with Crippen molar-refractivity contribution in [2.24, 2.45) is 0 Å². The van der Waals surface area contributed by atoms with Gasteiger partial charge in [0.05, 0.1) is 18.6 Å². The molecule has 4 heteroatoms. The first-order valence-electron chi connectivity index (χ1n) is 9.35. The molecule has 3 rings (SSSR count). The number of aromatic nitrogens is 2. The Morgan fingerprint density at radius 2 is 1.74 bits per heavy atom. The summed E-state index contributed by atoms with van der Waals surface area (Å²) in [5.41, 5.74) is 7.60. The molecule has 1 atom stereocenters. The second-order valence-corrected chi connectivity index (χ2v) is 7.19. The number of rotatable bonds is 6. The van der Waals surface area contributed by atoms with Crippen LogP contribution in [0, 0.1) is 20.8 Å². The Balaban J connectivity index is 2.00. The number of benzene rings is 2. The topological polar surface area (TPSA) is 55.1 Å². The molecule has 0 saturated carbocycles. The van der Waals surface area contributed by atoms with Gasteiger partial charge in [-0.2, -0.15) is 0 Å². The highest BCUT2D eigenvalue weighted by molar-refractivity contribution is 5.85. The van der Waals surface area contributed by atoms with E-state index in [2.05, 4.69) is 69.1 Å². The number of aromatic carboxylic acids is 1. The number of carbonyl (C=O) groups is 1. The van der Waals surface area contributed by atoms with E-state index < -0.39 is 5.97 Å².